The predicted octanol–water partition coefficient (Wildman–Crippen LogP) is 3.40. The van der Waals surface area contributed by atoms with Gasteiger partial charge in [0.25, 0.3) is 20.2 Å². The van der Waals surface area contributed by atoms with E-state index < -0.39 is 87.6 Å². The second kappa shape index (κ2) is 14.3. The Hall–Kier alpha value is -5.26. The summed E-state index contributed by atoms with van der Waals surface area (Å²) < 4.78 is 67.9. The number of carbonyl (C=O) groups is 4. The van der Waals surface area contributed by atoms with Gasteiger partial charge in [-0.2, -0.15) is 27.0 Å². The minimum Gasteiger partial charge on any atom is -0.504 e. The number of hydrazone groups is 2. The molecule has 0 bridgehead atoms. The number of nitrogens with one attached hydrogen (secondary N) is 2. The van der Waals surface area contributed by atoms with Crippen LogP contribution in [0, 0.1) is 0 Å². The second-order valence-electron chi connectivity index (χ2n) is 9.71. The third-order valence-corrected chi connectivity index (χ3v) is 9.79. The predicted molar refractivity (Wildman–Crippen MR) is 182 cm³/mol. The van der Waals surface area contributed by atoms with E-state index >= 15 is 0 Å². The van der Waals surface area contributed by atoms with Crippen molar-refractivity contribution in [3.05, 3.63) is 91.3 Å². The van der Waals surface area contributed by atoms with Gasteiger partial charge in [-0.05, 0) is 67.3 Å². The molecule has 18 nitrogen and oxygen atoms in total. The van der Waals surface area contributed by atoms with Crippen LogP contribution in [0.25, 0.3) is 12.2 Å². The van der Waals surface area contributed by atoms with Crippen LogP contribution in [0.15, 0.2) is 100 Å². The van der Waals surface area contributed by atoms with Gasteiger partial charge in [-0.15, -0.1) is 0 Å². The van der Waals surface area contributed by atoms with E-state index in [-0.39, 0.29) is 31.5 Å². The molecule has 0 atom stereocenters. The first-order valence-electron chi connectivity index (χ1n) is 13.0. The number of hydrogen-bond acceptors (Lipinski definition) is 14. The van der Waals surface area contributed by atoms with Crippen LogP contribution in [0.4, 0.5) is 11.4 Å². The number of halogens is 2. The molecule has 0 aromatic heterocycles. The van der Waals surface area contributed by atoms with Crippen molar-refractivity contribution in [3.8, 4) is 0 Å². The van der Waals surface area contributed by atoms with Crippen LogP contribution in [0.1, 0.15) is 11.1 Å². The lowest BCUT2D eigenvalue weighted by molar-refractivity contribution is -0.133. The molecule has 0 fully saturated rings. The fraction of sp³-hybridized carbons (Fsp3) is 0. The summed E-state index contributed by atoms with van der Waals surface area (Å²) in [6.45, 7) is 0. The SMILES string of the molecule is O=C(O)C1=CC(=O)C(Br)=C(O)C1=NNc1ccc(C=Cc2ccc(NN=C3C(C(=O)O)=CC(=O)C(Br)=C3O)cc2S(=O)(=O)O)c(S(=O)(=O)O)c1. The number of carbonyl (C=O) groups excluding carboxylic acids is 2. The number of allylic oxidation sites excluding steroid dienone is 6. The Bertz CT molecular complexity index is 2190. The number of carboxylic acid groups (broad SMARTS) is 2. The molecule has 260 valence electrons. The zero-order valence-corrected chi connectivity index (χ0v) is 29.0. The van der Waals surface area contributed by atoms with Gasteiger partial charge in [0, 0.05) is 12.2 Å². The lowest BCUT2D eigenvalue weighted by atomic mass is 10.0. The van der Waals surface area contributed by atoms with Crippen LogP contribution in [0.3, 0.4) is 0 Å². The maximum Gasteiger partial charge on any atom is 0.338 e. The van der Waals surface area contributed by atoms with Gasteiger partial charge in [-0.25, -0.2) is 9.59 Å². The topological polar surface area (TPSA) is 307 Å². The van der Waals surface area contributed by atoms with Crippen molar-refractivity contribution in [1.29, 1.82) is 0 Å². The number of anilines is 2. The molecule has 0 aliphatic heterocycles. The van der Waals surface area contributed by atoms with Gasteiger partial charge in [0.15, 0.2) is 23.1 Å². The van der Waals surface area contributed by atoms with E-state index in [0.29, 0.717) is 12.2 Å². The summed E-state index contributed by atoms with van der Waals surface area (Å²) in [4.78, 5) is 45.3. The Kier molecular flexibility index (Phi) is 10.7. The summed E-state index contributed by atoms with van der Waals surface area (Å²) in [7, 11) is -9.97. The van der Waals surface area contributed by atoms with E-state index in [1.807, 2.05) is 0 Å². The van der Waals surface area contributed by atoms with Crippen molar-refractivity contribution in [2.24, 2.45) is 10.2 Å². The fourth-order valence-electron chi connectivity index (χ4n) is 4.12. The summed E-state index contributed by atoms with van der Waals surface area (Å²) >= 11 is 5.62. The van der Waals surface area contributed by atoms with Gasteiger partial charge in [0.2, 0.25) is 0 Å². The third-order valence-electron chi connectivity index (χ3n) is 6.44. The quantitative estimate of drug-likeness (QED) is 0.0735. The normalized spacial score (nSPS) is 17.4. The van der Waals surface area contributed by atoms with E-state index in [9.17, 15) is 65.5 Å². The molecule has 2 aromatic carbocycles. The molecule has 8 N–H and O–H groups in total. The smallest absolute Gasteiger partial charge is 0.338 e. The summed E-state index contributed by atoms with van der Waals surface area (Å²) in [6, 6.07) is 6.41. The first kappa shape index (κ1) is 37.6. The highest BCUT2D eigenvalue weighted by Crippen LogP contribution is 2.29. The van der Waals surface area contributed by atoms with Crippen molar-refractivity contribution < 1.29 is 65.5 Å². The van der Waals surface area contributed by atoms with Crippen LogP contribution >= 0.6 is 31.9 Å². The van der Waals surface area contributed by atoms with Gasteiger partial charge >= 0.3 is 11.9 Å². The minimum atomic E-state index is -4.98. The molecule has 0 amide bonds. The van der Waals surface area contributed by atoms with E-state index in [0.717, 1.165) is 36.4 Å². The number of hydrogen-bond donors (Lipinski definition) is 8. The molecule has 2 aliphatic carbocycles. The fourth-order valence-corrected chi connectivity index (χ4v) is 6.15. The monoisotopic (exact) mass is 856 g/mol. The van der Waals surface area contributed by atoms with Gasteiger partial charge in [-0.3, -0.25) is 29.5 Å². The average Bonchev–Trinajstić information content (AvgIpc) is 3.03. The number of benzene rings is 2. The highest BCUT2D eigenvalue weighted by Gasteiger charge is 2.31. The van der Waals surface area contributed by atoms with Gasteiger partial charge in [0.1, 0.15) is 30.2 Å². The summed E-state index contributed by atoms with van der Waals surface area (Å²) in [6.07, 6.45) is 3.50. The number of aliphatic hydroxyl groups excluding tert-OH is 2. The molecular formula is C28H18Br2N4O14S2. The number of ketones is 2. The zero-order chi connectivity index (χ0) is 37.3. The Morgan fingerprint density at radius 3 is 1.30 bits per heavy atom. The summed E-state index contributed by atoms with van der Waals surface area (Å²) in [5.41, 5.74) is 1.36. The summed E-state index contributed by atoms with van der Waals surface area (Å²) in [5, 5.41) is 46.7. The molecule has 50 heavy (non-hydrogen) atoms. The molecule has 4 rings (SSSR count). The maximum atomic E-state index is 12.2. The highest BCUT2D eigenvalue weighted by molar-refractivity contribution is 9.12. The lowest BCUT2D eigenvalue weighted by Crippen LogP contribution is -2.23. The van der Waals surface area contributed by atoms with E-state index in [2.05, 4.69) is 52.9 Å². The molecule has 0 unspecified atom stereocenters. The first-order valence-corrected chi connectivity index (χ1v) is 17.4. The molecule has 0 saturated heterocycles. The van der Waals surface area contributed by atoms with E-state index in [4.69, 9.17) is 0 Å². The summed E-state index contributed by atoms with van der Waals surface area (Å²) in [5.74, 6) is -6.57. The number of aliphatic hydroxyl groups is 2. The Balaban J connectivity index is 1.69. The van der Waals surface area contributed by atoms with Gasteiger partial charge < -0.3 is 20.4 Å². The average molecular weight is 858 g/mol. The number of aliphatic carboxylic acids is 2. The second-order valence-corrected chi connectivity index (χ2v) is 14.1. The first-order chi connectivity index (χ1) is 23.2. The molecule has 22 heteroatoms. The Labute approximate surface area is 297 Å². The Morgan fingerprint density at radius 1 is 0.660 bits per heavy atom. The molecule has 2 aliphatic rings. The van der Waals surface area contributed by atoms with Crippen LogP contribution in [-0.4, -0.2) is 81.3 Å². The van der Waals surface area contributed by atoms with Crippen molar-refractivity contribution in [2.75, 3.05) is 10.9 Å². The number of carboxylic acids is 2. The molecular weight excluding hydrogens is 840 g/mol. The minimum absolute atomic E-state index is 0.153. The molecule has 0 saturated carbocycles. The van der Waals surface area contributed by atoms with Crippen LogP contribution in [-0.2, 0) is 39.4 Å². The third kappa shape index (κ3) is 8.12. The van der Waals surface area contributed by atoms with Crippen molar-refractivity contribution in [3.63, 3.8) is 0 Å². The standard InChI is InChI=1S/C28H18Br2N4O14S2/c29-21-17(35)9-15(27(39)40)23(25(21)37)33-31-13-5-3-11(19(7-13)49(43,44)45)1-2-12-4-6-14(8-20(12)50(46,47)48)32-34-24-16(28(41)42)10-18(36)22(30)26(24)38/h1-10,31-32,37-38H,(H,39,40)(H,41,42)(H,43,44,45)(H,46,47,48). The van der Waals surface area contributed by atoms with Crippen LogP contribution in [0.5, 0.6) is 0 Å². The number of nitrogens with zero attached hydrogens (tertiary/aromatic N) is 2. The molecule has 0 heterocycles. The van der Waals surface area contributed by atoms with E-state index in [1.165, 1.54) is 12.1 Å². The van der Waals surface area contributed by atoms with Crippen molar-refractivity contribution in [2.45, 2.75) is 9.79 Å². The zero-order valence-electron chi connectivity index (χ0n) is 24.2. The molecule has 0 spiro atoms. The number of rotatable bonds is 10. The highest BCUT2D eigenvalue weighted by atomic mass is 79.9. The Morgan fingerprint density at radius 2 is 1.00 bits per heavy atom. The largest absolute Gasteiger partial charge is 0.504 e. The van der Waals surface area contributed by atoms with E-state index in [1.54, 1.807) is 0 Å². The van der Waals surface area contributed by atoms with Gasteiger partial charge in [0.05, 0.1) is 22.5 Å². The van der Waals surface area contributed by atoms with Crippen LogP contribution in [0.2, 0.25) is 0 Å². The lowest BCUT2D eigenvalue weighted by Gasteiger charge is -2.14. The maximum absolute atomic E-state index is 12.2. The van der Waals surface area contributed by atoms with Gasteiger partial charge in [-0.1, -0.05) is 24.3 Å². The van der Waals surface area contributed by atoms with Crippen LogP contribution < -0.4 is 10.9 Å². The van der Waals surface area contributed by atoms with Crippen molar-refractivity contribution in [1.82, 2.24) is 0 Å². The van der Waals surface area contributed by atoms with Crippen molar-refractivity contribution >= 4 is 111 Å². The molecule has 2 aromatic rings. The molecule has 0 radical (unpaired) electrons.